The highest BCUT2D eigenvalue weighted by Gasteiger charge is 2.20. The van der Waals surface area contributed by atoms with Crippen LogP contribution in [0, 0.1) is 0 Å². The minimum atomic E-state index is -1.07. The molecule has 112 valence electrons. The maximum atomic E-state index is 12.4. The topological polar surface area (TPSA) is 67.5 Å². The Hall–Kier alpha value is -1.62. The van der Waals surface area contributed by atoms with E-state index in [9.17, 15) is 9.00 Å². The van der Waals surface area contributed by atoms with Gasteiger partial charge in [0.1, 0.15) is 5.58 Å². The quantitative estimate of drug-likeness (QED) is 0.935. The first-order valence-corrected chi connectivity index (χ1v) is 8.64. The molecular formula is C16H18O4S. The van der Waals surface area contributed by atoms with Crippen molar-refractivity contribution in [3.05, 3.63) is 35.6 Å². The lowest BCUT2D eigenvalue weighted by Crippen LogP contribution is -2.19. The number of hydrogen-bond acceptors (Lipinski definition) is 3. The Labute approximate surface area is 125 Å². The maximum Gasteiger partial charge on any atom is 0.371 e. The van der Waals surface area contributed by atoms with Crippen LogP contribution in [0.5, 0.6) is 0 Å². The van der Waals surface area contributed by atoms with Crippen molar-refractivity contribution < 1.29 is 18.5 Å². The van der Waals surface area contributed by atoms with Crippen molar-refractivity contribution in [2.24, 2.45) is 0 Å². The number of carbonyl (C=O) groups is 1. The number of fused-ring (bicyclic) bond motifs is 1. The first-order chi connectivity index (χ1) is 10.1. The molecule has 21 heavy (non-hydrogen) atoms. The van der Waals surface area contributed by atoms with Crippen LogP contribution < -0.4 is 0 Å². The van der Waals surface area contributed by atoms with Gasteiger partial charge in [0.2, 0.25) is 5.76 Å². The Bertz CT molecular complexity index is 683. The van der Waals surface area contributed by atoms with Gasteiger partial charge in [-0.05, 0) is 36.6 Å². The summed E-state index contributed by atoms with van der Waals surface area (Å²) in [6.45, 7) is 0. The van der Waals surface area contributed by atoms with Gasteiger partial charge in [-0.3, -0.25) is 4.21 Å². The Morgan fingerprint density at radius 3 is 2.71 bits per heavy atom. The lowest BCUT2D eigenvalue weighted by Gasteiger charge is -2.20. The van der Waals surface area contributed by atoms with E-state index in [1.165, 1.54) is 25.3 Å². The van der Waals surface area contributed by atoms with Gasteiger partial charge >= 0.3 is 5.97 Å². The SMILES string of the molecule is O=C(O)c1cc2cc(CS(=O)C3CCCCC3)ccc2o1. The van der Waals surface area contributed by atoms with E-state index in [1.807, 2.05) is 12.1 Å². The molecule has 2 aromatic rings. The summed E-state index contributed by atoms with van der Waals surface area (Å²) < 4.78 is 17.6. The number of furan rings is 1. The average Bonchev–Trinajstić information content (AvgIpc) is 2.91. The van der Waals surface area contributed by atoms with Crippen LogP contribution in [0.25, 0.3) is 11.0 Å². The second kappa shape index (κ2) is 6.02. The monoisotopic (exact) mass is 306 g/mol. The van der Waals surface area contributed by atoms with Crippen LogP contribution >= 0.6 is 0 Å². The van der Waals surface area contributed by atoms with E-state index in [1.54, 1.807) is 6.07 Å². The van der Waals surface area contributed by atoms with E-state index in [0.29, 0.717) is 16.6 Å². The van der Waals surface area contributed by atoms with Crippen LogP contribution in [0.1, 0.15) is 48.2 Å². The number of benzene rings is 1. The molecule has 1 unspecified atom stereocenters. The highest BCUT2D eigenvalue weighted by atomic mass is 32.2. The van der Waals surface area contributed by atoms with Crippen molar-refractivity contribution in [3.8, 4) is 0 Å². The third-order valence-corrected chi connectivity index (χ3v) is 5.86. The molecule has 4 nitrogen and oxygen atoms in total. The molecule has 0 amide bonds. The summed E-state index contributed by atoms with van der Waals surface area (Å²) in [5.41, 5.74) is 1.53. The van der Waals surface area contributed by atoms with E-state index in [0.717, 1.165) is 23.8 Å². The Morgan fingerprint density at radius 2 is 2.00 bits per heavy atom. The Morgan fingerprint density at radius 1 is 1.24 bits per heavy atom. The van der Waals surface area contributed by atoms with Gasteiger partial charge < -0.3 is 9.52 Å². The summed E-state index contributed by atoms with van der Waals surface area (Å²) in [6.07, 6.45) is 5.73. The standard InChI is InChI=1S/C16H18O4S/c17-16(18)15-9-12-8-11(6-7-14(12)20-15)10-21(19)13-4-2-1-3-5-13/h6-9,13H,1-5,10H2,(H,17,18). The number of carboxylic acid groups (broad SMARTS) is 1. The normalized spacial score (nSPS) is 17.9. The van der Waals surface area contributed by atoms with Gasteiger partial charge in [0.05, 0.1) is 0 Å². The molecule has 1 aliphatic carbocycles. The Kier molecular flexibility index (Phi) is 4.10. The van der Waals surface area contributed by atoms with Gasteiger partial charge in [0.25, 0.3) is 0 Å². The van der Waals surface area contributed by atoms with Crippen molar-refractivity contribution in [1.29, 1.82) is 0 Å². The highest BCUT2D eigenvalue weighted by Crippen LogP contribution is 2.25. The van der Waals surface area contributed by atoms with Crippen LogP contribution in [0.3, 0.4) is 0 Å². The van der Waals surface area contributed by atoms with Crippen LogP contribution in [0.15, 0.2) is 28.7 Å². The van der Waals surface area contributed by atoms with Gasteiger partial charge in [-0.1, -0.05) is 25.3 Å². The van der Waals surface area contributed by atoms with Gasteiger partial charge in [-0.25, -0.2) is 4.79 Å². The highest BCUT2D eigenvalue weighted by molar-refractivity contribution is 7.84. The molecule has 3 rings (SSSR count). The molecular weight excluding hydrogens is 288 g/mol. The number of aromatic carboxylic acids is 1. The van der Waals surface area contributed by atoms with E-state index < -0.39 is 16.8 Å². The summed E-state index contributed by atoms with van der Waals surface area (Å²) in [6, 6.07) is 7.03. The van der Waals surface area contributed by atoms with Gasteiger partial charge in [0.15, 0.2) is 0 Å². The van der Waals surface area contributed by atoms with Crippen molar-refractivity contribution in [3.63, 3.8) is 0 Å². The first-order valence-electron chi connectivity index (χ1n) is 7.26. The molecule has 0 saturated heterocycles. The molecule has 5 heteroatoms. The summed E-state index contributed by atoms with van der Waals surface area (Å²) in [4.78, 5) is 10.9. The lowest BCUT2D eigenvalue weighted by atomic mass is 10.0. The van der Waals surface area contributed by atoms with E-state index >= 15 is 0 Å². The third kappa shape index (κ3) is 3.18. The second-order valence-electron chi connectivity index (χ2n) is 5.57. The molecule has 1 saturated carbocycles. The summed E-state index contributed by atoms with van der Waals surface area (Å²) in [5.74, 6) is -0.595. The van der Waals surface area contributed by atoms with Gasteiger partial charge in [-0.2, -0.15) is 0 Å². The molecule has 0 radical (unpaired) electrons. The van der Waals surface area contributed by atoms with Crippen LogP contribution in [-0.4, -0.2) is 20.5 Å². The fourth-order valence-corrected chi connectivity index (χ4v) is 4.50. The maximum absolute atomic E-state index is 12.4. The first kappa shape index (κ1) is 14.3. The molecule has 0 spiro atoms. The fourth-order valence-electron chi connectivity index (χ4n) is 2.90. The van der Waals surface area contributed by atoms with Gasteiger partial charge in [0, 0.05) is 27.2 Å². The molecule has 1 aliphatic rings. The molecule has 1 heterocycles. The van der Waals surface area contributed by atoms with E-state index in [4.69, 9.17) is 9.52 Å². The van der Waals surface area contributed by atoms with E-state index in [-0.39, 0.29) is 5.76 Å². The van der Waals surface area contributed by atoms with Crippen LogP contribution in [-0.2, 0) is 16.6 Å². The van der Waals surface area contributed by atoms with Crippen molar-refractivity contribution >= 4 is 27.7 Å². The Balaban J connectivity index is 1.77. The third-order valence-electron chi connectivity index (χ3n) is 4.02. The molecule has 1 aromatic carbocycles. The van der Waals surface area contributed by atoms with Crippen LogP contribution in [0.2, 0.25) is 0 Å². The predicted molar refractivity (Wildman–Crippen MR) is 81.9 cm³/mol. The molecule has 1 fully saturated rings. The second-order valence-corrected chi connectivity index (χ2v) is 7.29. The molecule has 0 aliphatic heterocycles. The largest absolute Gasteiger partial charge is 0.475 e. The lowest BCUT2D eigenvalue weighted by molar-refractivity contribution is 0.0665. The zero-order valence-electron chi connectivity index (χ0n) is 11.7. The molecule has 0 bridgehead atoms. The molecule has 1 aromatic heterocycles. The summed E-state index contributed by atoms with van der Waals surface area (Å²) in [5, 5.41) is 10.00. The summed E-state index contributed by atoms with van der Waals surface area (Å²) >= 11 is 0. The van der Waals surface area contributed by atoms with Crippen molar-refractivity contribution in [2.75, 3.05) is 0 Å². The van der Waals surface area contributed by atoms with Crippen molar-refractivity contribution in [1.82, 2.24) is 0 Å². The van der Waals surface area contributed by atoms with Crippen LogP contribution in [0.4, 0.5) is 0 Å². The zero-order chi connectivity index (χ0) is 14.8. The zero-order valence-corrected chi connectivity index (χ0v) is 12.5. The summed E-state index contributed by atoms with van der Waals surface area (Å²) in [7, 11) is -0.849. The van der Waals surface area contributed by atoms with Crippen molar-refractivity contribution in [2.45, 2.75) is 43.1 Å². The number of carboxylic acids is 1. The minimum Gasteiger partial charge on any atom is -0.475 e. The smallest absolute Gasteiger partial charge is 0.371 e. The average molecular weight is 306 g/mol. The fraction of sp³-hybridized carbons (Fsp3) is 0.438. The number of hydrogen-bond donors (Lipinski definition) is 1. The molecule has 1 atom stereocenters. The van der Waals surface area contributed by atoms with E-state index in [2.05, 4.69) is 0 Å². The number of rotatable bonds is 4. The predicted octanol–water partition coefficient (Wildman–Crippen LogP) is 3.71. The minimum absolute atomic E-state index is 0.0597. The molecule has 1 N–H and O–H groups in total. The van der Waals surface area contributed by atoms with Gasteiger partial charge in [-0.15, -0.1) is 0 Å².